The molecule has 0 aliphatic carbocycles. The van der Waals surface area contributed by atoms with Crippen molar-refractivity contribution in [3.05, 3.63) is 70.8 Å². The predicted octanol–water partition coefficient (Wildman–Crippen LogP) is 4.64. The van der Waals surface area contributed by atoms with E-state index in [0.29, 0.717) is 23.5 Å². The Morgan fingerprint density at radius 1 is 1.00 bits per heavy atom. The van der Waals surface area contributed by atoms with Crippen molar-refractivity contribution in [3.63, 3.8) is 0 Å². The monoisotopic (exact) mass is 292 g/mol. The van der Waals surface area contributed by atoms with Crippen LogP contribution >= 0.6 is 0 Å². The Morgan fingerprint density at radius 3 is 2.36 bits per heavy atom. The van der Waals surface area contributed by atoms with E-state index >= 15 is 0 Å². The van der Waals surface area contributed by atoms with Crippen LogP contribution in [-0.2, 0) is 5.41 Å². The van der Waals surface area contributed by atoms with E-state index in [1.807, 2.05) is 30.3 Å². The number of Topliss-reactive ketones (excluding diaryl/α,β-unsaturated/α-hetero) is 1. The van der Waals surface area contributed by atoms with E-state index in [0.717, 1.165) is 5.56 Å². The SMILES string of the molecule is CC(C)(C)c1ccc(C=C2COc3ccccc3C2=O)cc1. The Labute approximate surface area is 131 Å². The normalized spacial score (nSPS) is 16.3. The number of para-hydroxylation sites is 1. The lowest BCUT2D eigenvalue weighted by molar-refractivity contribution is 0.100. The first-order valence-corrected chi connectivity index (χ1v) is 7.53. The van der Waals surface area contributed by atoms with Crippen LogP contribution in [-0.4, -0.2) is 12.4 Å². The molecule has 2 aromatic rings. The van der Waals surface area contributed by atoms with E-state index in [2.05, 4.69) is 45.0 Å². The van der Waals surface area contributed by atoms with Crippen molar-refractivity contribution in [1.82, 2.24) is 0 Å². The van der Waals surface area contributed by atoms with Gasteiger partial charge >= 0.3 is 0 Å². The zero-order chi connectivity index (χ0) is 15.7. The molecule has 2 aromatic carbocycles. The fourth-order valence-corrected chi connectivity index (χ4v) is 2.56. The van der Waals surface area contributed by atoms with Gasteiger partial charge in [-0.15, -0.1) is 0 Å². The number of carbonyl (C=O) groups excluding carboxylic acids is 1. The van der Waals surface area contributed by atoms with Crippen molar-refractivity contribution in [2.75, 3.05) is 6.61 Å². The molecule has 0 bridgehead atoms. The summed E-state index contributed by atoms with van der Waals surface area (Å²) in [5.74, 6) is 0.731. The van der Waals surface area contributed by atoms with Crippen LogP contribution in [0.2, 0.25) is 0 Å². The summed E-state index contributed by atoms with van der Waals surface area (Å²) in [4.78, 5) is 12.5. The van der Waals surface area contributed by atoms with Crippen LogP contribution in [0.5, 0.6) is 5.75 Å². The van der Waals surface area contributed by atoms with Crippen LogP contribution in [0.15, 0.2) is 54.1 Å². The lowest BCUT2D eigenvalue weighted by atomic mass is 9.86. The Hall–Kier alpha value is -2.35. The molecule has 0 radical (unpaired) electrons. The molecule has 112 valence electrons. The summed E-state index contributed by atoms with van der Waals surface area (Å²) in [6.45, 7) is 6.90. The largest absolute Gasteiger partial charge is 0.488 e. The molecular formula is C20H20O2. The standard InChI is InChI=1S/C20H20O2/c1-20(2,3)16-10-8-14(9-11-16)12-15-13-22-18-7-5-4-6-17(18)19(15)21/h4-12H,13H2,1-3H3. The van der Waals surface area contributed by atoms with Crippen LogP contribution in [0.25, 0.3) is 6.08 Å². The molecule has 0 aromatic heterocycles. The highest BCUT2D eigenvalue weighted by Gasteiger charge is 2.22. The molecule has 0 spiro atoms. The van der Waals surface area contributed by atoms with Crippen molar-refractivity contribution in [2.24, 2.45) is 0 Å². The smallest absolute Gasteiger partial charge is 0.196 e. The summed E-state index contributed by atoms with van der Waals surface area (Å²) >= 11 is 0. The van der Waals surface area contributed by atoms with E-state index in [1.54, 1.807) is 0 Å². The number of ether oxygens (including phenoxy) is 1. The van der Waals surface area contributed by atoms with Crippen LogP contribution in [0.3, 0.4) is 0 Å². The van der Waals surface area contributed by atoms with Gasteiger partial charge in [-0.3, -0.25) is 4.79 Å². The first-order valence-electron chi connectivity index (χ1n) is 7.53. The number of carbonyl (C=O) groups is 1. The van der Waals surface area contributed by atoms with E-state index in [1.165, 1.54) is 5.56 Å². The molecule has 0 amide bonds. The maximum absolute atomic E-state index is 12.5. The second-order valence-corrected chi connectivity index (χ2v) is 6.66. The van der Waals surface area contributed by atoms with Gasteiger partial charge in [-0.05, 0) is 34.8 Å². The Kier molecular flexibility index (Phi) is 3.61. The highest BCUT2D eigenvalue weighted by Crippen LogP contribution is 2.28. The summed E-state index contributed by atoms with van der Waals surface area (Å²) < 4.78 is 5.67. The number of rotatable bonds is 1. The van der Waals surface area contributed by atoms with Crippen LogP contribution in [0.4, 0.5) is 0 Å². The van der Waals surface area contributed by atoms with Gasteiger partial charge in [-0.25, -0.2) is 0 Å². The van der Waals surface area contributed by atoms with Gasteiger partial charge in [0, 0.05) is 5.57 Å². The molecule has 22 heavy (non-hydrogen) atoms. The predicted molar refractivity (Wildman–Crippen MR) is 89.4 cm³/mol. The minimum Gasteiger partial charge on any atom is -0.488 e. The Morgan fingerprint density at radius 2 is 1.68 bits per heavy atom. The molecule has 0 fully saturated rings. The summed E-state index contributed by atoms with van der Waals surface area (Å²) in [6.07, 6.45) is 1.92. The maximum Gasteiger partial charge on any atom is 0.196 e. The van der Waals surface area contributed by atoms with Gasteiger partial charge in [0.1, 0.15) is 12.4 Å². The number of hydrogen-bond donors (Lipinski definition) is 0. The molecule has 0 atom stereocenters. The van der Waals surface area contributed by atoms with Crippen molar-refractivity contribution in [3.8, 4) is 5.75 Å². The van der Waals surface area contributed by atoms with Gasteiger partial charge in [0.2, 0.25) is 0 Å². The Balaban J connectivity index is 1.89. The molecule has 1 heterocycles. The van der Waals surface area contributed by atoms with E-state index < -0.39 is 0 Å². The third-order valence-corrected chi connectivity index (χ3v) is 3.92. The average Bonchev–Trinajstić information content (AvgIpc) is 2.50. The van der Waals surface area contributed by atoms with Gasteiger partial charge in [0.15, 0.2) is 5.78 Å². The van der Waals surface area contributed by atoms with Gasteiger partial charge in [-0.1, -0.05) is 57.2 Å². The van der Waals surface area contributed by atoms with E-state index in [9.17, 15) is 4.79 Å². The van der Waals surface area contributed by atoms with Crippen LogP contribution in [0.1, 0.15) is 42.3 Å². The summed E-state index contributed by atoms with van der Waals surface area (Å²) in [7, 11) is 0. The second-order valence-electron chi connectivity index (χ2n) is 6.66. The van der Waals surface area contributed by atoms with E-state index in [4.69, 9.17) is 4.74 Å². The lowest BCUT2D eigenvalue weighted by Crippen LogP contribution is -2.18. The first-order chi connectivity index (χ1) is 10.4. The highest BCUT2D eigenvalue weighted by molar-refractivity contribution is 6.14. The molecule has 1 aliphatic rings. The number of hydrogen-bond acceptors (Lipinski definition) is 2. The summed E-state index contributed by atoms with van der Waals surface area (Å²) in [5, 5.41) is 0. The zero-order valence-electron chi connectivity index (χ0n) is 13.2. The van der Waals surface area contributed by atoms with Crippen molar-refractivity contribution in [1.29, 1.82) is 0 Å². The molecule has 0 unspecified atom stereocenters. The second kappa shape index (κ2) is 5.45. The lowest BCUT2D eigenvalue weighted by Gasteiger charge is -2.20. The molecule has 0 saturated carbocycles. The third kappa shape index (κ3) is 2.82. The fourth-order valence-electron chi connectivity index (χ4n) is 2.56. The number of ketones is 1. The quantitative estimate of drug-likeness (QED) is 0.716. The number of fused-ring (bicyclic) bond motifs is 1. The first kappa shape index (κ1) is 14.6. The van der Waals surface area contributed by atoms with Gasteiger partial charge < -0.3 is 4.74 Å². The van der Waals surface area contributed by atoms with Crippen LogP contribution in [0, 0.1) is 0 Å². The molecule has 1 aliphatic heterocycles. The van der Waals surface area contributed by atoms with Crippen LogP contribution < -0.4 is 4.74 Å². The van der Waals surface area contributed by atoms with Crippen molar-refractivity contribution >= 4 is 11.9 Å². The Bertz CT molecular complexity index is 731. The minimum atomic E-state index is 0.0572. The minimum absolute atomic E-state index is 0.0572. The van der Waals surface area contributed by atoms with Gasteiger partial charge in [0.25, 0.3) is 0 Å². The number of benzene rings is 2. The molecule has 0 N–H and O–H groups in total. The molecule has 2 nitrogen and oxygen atoms in total. The van der Waals surface area contributed by atoms with Gasteiger partial charge in [0.05, 0.1) is 5.56 Å². The highest BCUT2D eigenvalue weighted by atomic mass is 16.5. The fraction of sp³-hybridized carbons (Fsp3) is 0.250. The topological polar surface area (TPSA) is 26.3 Å². The molecular weight excluding hydrogens is 272 g/mol. The third-order valence-electron chi connectivity index (χ3n) is 3.92. The maximum atomic E-state index is 12.5. The van der Waals surface area contributed by atoms with E-state index in [-0.39, 0.29) is 11.2 Å². The van der Waals surface area contributed by atoms with Crippen molar-refractivity contribution in [2.45, 2.75) is 26.2 Å². The molecule has 0 saturated heterocycles. The average molecular weight is 292 g/mol. The molecule has 3 rings (SSSR count). The summed E-state index contributed by atoms with van der Waals surface area (Å²) in [6, 6.07) is 15.7. The van der Waals surface area contributed by atoms with Gasteiger partial charge in [-0.2, -0.15) is 0 Å². The van der Waals surface area contributed by atoms with Crippen molar-refractivity contribution < 1.29 is 9.53 Å². The molecule has 2 heteroatoms. The zero-order valence-corrected chi connectivity index (χ0v) is 13.2. The summed E-state index contributed by atoms with van der Waals surface area (Å²) in [5.41, 5.74) is 3.79.